The van der Waals surface area contributed by atoms with Crippen LogP contribution in [0, 0.1) is 6.92 Å². The van der Waals surface area contributed by atoms with Crippen LogP contribution in [0.1, 0.15) is 5.56 Å². The molecule has 3 nitrogen and oxygen atoms in total. The minimum atomic E-state index is -0.335. The van der Waals surface area contributed by atoms with Gasteiger partial charge in [-0.3, -0.25) is 4.79 Å². The third-order valence-electron chi connectivity index (χ3n) is 2.10. The molecule has 0 heterocycles. The molecule has 0 aliphatic carbocycles. The summed E-state index contributed by atoms with van der Waals surface area (Å²) in [5.74, 6) is -0.335. The third-order valence-corrected chi connectivity index (χ3v) is 3.52. The second-order valence-electron chi connectivity index (χ2n) is 3.53. The van der Waals surface area contributed by atoms with E-state index in [1.54, 1.807) is 6.08 Å². The zero-order valence-corrected chi connectivity index (χ0v) is 13.7. The fraction of sp³-hybridized carbons (Fsp3) is 0.167. The second-order valence-corrected chi connectivity index (χ2v) is 5.71. The van der Waals surface area contributed by atoms with Crippen molar-refractivity contribution in [3.63, 3.8) is 0 Å². The van der Waals surface area contributed by atoms with Crippen molar-refractivity contribution in [3.8, 4) is 0 Å². The maximum Gasteiger partial charge on any atom is 0.283 e. The predicted octanol–water partition coefficient (Wildman–Crippen LogP) is 3.56. The van der Waals surface area contributed by atoms with Crippen LogP contribution in [0.2, 0.25) is 0 Å². The van der Waals surface area contributed by atoms with Crippen LogP contribution >= 0.6 is 44.1 Å². The zero-order valence-electron chi connectivity index (χ0n) is 9.72. The van der Waals surface area contributed by atoms with Gasteiger partial charge in [0.2, 0.25) is 0 Å². The van der Waals surface area contributed by atoms with Crippen LogP contribution in [-0.4, -0.2) is 17.4 Å². The van der Waals surface area contributed by atoms with Gasteiger partial charge in [-0.05, 0) is 40.5 Å². The summed E-state index contributed by atoms with van der Waals surface area (Å²) in [7, 11) is 0. The highest BCUT2D eigenvalue weighted by molar-refractivity contribution is 9.11. The lowest BCUT2D eigenvalue weighted by Crippen LogP contribution is -2.34. The molecular formula is C12H12Br2N2OS. The van der Waals surface area contributed by atoms with Crippen LogP contribution in [0.15, 0.2) is 33.7 Å². The number of carbonyl (C=O) groups excluding carboxylic acids is 1. The molecule has 96 valence electrons. The van der Waals surface area contributed by atoms with Gasteiger partial charge in [-0.2, -0.15) is 0 Å². The number of benzene rings is 1. The van der Waals surface area contributed by atoms with Gasteiger partial charge in [0.05, 0.1) is 5.69 Å². The van der Waals surface area contributed by atoms with Gasteiger partial charge < -0.3 is 10.6 Å². The molecule has 0 aliphatic rings. The van der Waals surface area contributed by atoms with E-state index < -0.39 is 0 Å². The number of thiocarbonyl (C=S) groups is 1. The largest absolute Gasteiger partial charge is 0.368 e. The van der Waals surface area contributed by atoms with Gasteiger partial charge in [0.1, 0.15) is 0 Å². The van der Waals surface area contributed by atoms with Gasteiger partial charge in [0.15, 0.2) is 4.99 Å². The maximum absolute atomic E-state index is 11.8. The molecule has 0 saturated heterocycles. The Morgan fingerprint density at radius 3 is 2.72 bits per heavy atom. The smallest absolute Gasteiger partial charge is 0.283 e. The van der Waals surface area contributed by atoms with Crippen LogP contribution < -0.4 is 10.6 Å². The fourth-order valence-electron chi connectivity index (χ4n) is 1.28. The molecule has 18 heavy (non-hydrogen) atoms. The van der Waals surface area contributed by atoms with Crippen LogP contribution in [0.25, 0.3) is 0 Å². The van der Waals surface area contributed by atoms with Crippen molar-refractivity contribution in [3.05, 3.63) is 39.3 Å². The van der Waals surface area contributed by atoms with Crippen LogP contribution in [0.4, 0.5) is 5.69 Å². The number of halogens is 2. The highest BCUT2D eigenvalue weighted by Crippen LogP contribution is 2.30. The molecule has 0 saturated carbocycles. The van der Waals surface area contributed by atoms with Crippen molar-refractivity contribution in [2.75, 3.05) is 11.9 Å². The molecule has 0 aliphatic heterocycles. The van der Waals surface area contributed by atoms with Crippen molar-refractivity contribution in [1.29, 1.82) is 0 Å². The molecule has 0 bridgehead atoms. The molecule has 0 fully saturated rings. The molecule has 6 heteroatoms. The van der Waals surface area contributed by atoms with Gasteiger partial charge >= 0.3 is 0 Å². The van der Waals surface area contributed by atoms with Gasteiger partial charge in [-0.25, -0.2) is 0 Å². The van der Waals surface area contributed by atoms with Crippen molar-refractivity contribution in [1.82, 2.24) is 5.32 Å². The first kappa shape index (κ1) is 15.3. The quantitative estimate of drug-likeness (QED) is 0.611. The molecular weight excluding hydrogens is 380 g/mol. The highest BCUT2D eigenvalue weighted by Gasteiger charge is 2.12. The Labute approximate surface area is 128 Å². The van der Waals surface area contributed by atoms with Crippen LogP contribution in [0.5, 0.6) is 0 Å². The molecule has 1 rings (SSSR count). The fourth-order valence-corrected chi connectivity index (χ4v) is 2.95. The molecule has 0 aromatic heterocycles. The van der Waals surface area contributed by atoms with E-state index in [0.717, 1.165) is 14.5 Å². The first-order valence-corrected chi connectivity index (χ1v) is 7.11. The minimum Gasteiger partial charge on any atom is -0.368 e. The summed E-state index contributed by atoms with van der Waals surface area (Å²) in [4.78, 5) is 12.0. The number of hydrogen-bond acceptors (Lipinski definition) is 2. The van der Waals surface area contributed by atoms with Crippen LogP contribution in [-0.2, 0) is 4.79 Å². The van der Waals surface area contributed by atoms with Crippen LogP contribution in [0.3, 0.4) is 0 Å². The average Bonchev–Trinajstić information content (AvgIpc) is 2.30. The summed E-state index contributed by atoms with van der Waals surface area (Å²) >= 11 is 11.7. The van der Waals surface area contributed by atoms with E-state index in [-0.39, 0.29) is 10.9 Å². The Hall–Kier alpha value is -0.720. The van der Waals surface area contributed by atoms with E-state index in [9.17, 15) is 4.79 Å². The molecule has 1 aromatic rings. The Morgan fingerprint density at radius 1 is 1.50 bits per heavy atom. The minimum absolute atomic E-state index is 0.143. The first-order chi connectivity index (χ1) is 8.45. The lowest BCUT2D eigenvalue weighted by Gasteiger charge is -2.12. The maximum atomic E-state index is 11.8. The molecule has 1 aromatic carbocycles. The van der Waals surface area contributed by atoms with Gasteiger partial charge in [0.25, 0.3) is 5.91 Å². The second kappa shape index (κ2) is 7.01. The molecule has 0 atom stereocenters. The summed E-state index contributed by atoms with van der Waals surface area (Å²) in [6.07, 6.45) is 1.64. The topological polar surface area (TPSA) is 41.1 Å². The van der Waals surface area contributed by atoms with E-state index in [2.05, 4.69) is 49.1 Å². The average molecular weight is 392 g/mol. The van der Waals surface area contributed by atoms with Crippen molar-refractivity contribution >= 4 is 60.7 Å². The number of rotatable bonds is 3. The zero-order chi connectivity index (χ0) is 13.7. The summed E-state index contributed by atoms with van der Waals surface area (Å²) in [6, 6.07) is 3.78. The standard InChI is InChI=1S/C12H12Br2N2OS/c1-3-4-15-12(18)11(17)16-10-7(2)5-8(13)6-9(10)14/h3,5-6H,1,4H2,2H3,(H,15,18)(H,16,17). The van der Waals surface area contributed by atoms with Gasteiger partial charge in [0, 0.05) is 15.5 Å². The summed E-state index contributed by atoms with van der Waals surface area (Å²) in [5, 5.41) is 5.55. The number of amides is 1. The molecule has 0 spiro atoms. The number of anilines is 1. The predicted molar refractivity (Wildman–Crippen MR) is 86.0 cm³/mol. The Kier molecular flexibility index (Phi) is 5.98. The summed E-state index contributed by atoms with van der Waals surface area (Å²) in [5.41, 5.74) is 1.65. The van der Waals surface area contributed by atoms with Gasteiger partial charge in [-0.1, -0.05) is 34.2 Å². The lowest BCUT2D eigenvalue weighted by molar-refractivity contribution is -0.110. The molecule has 1 amide bonds. The normalized spacial score (nSPS) is 9.72. The van der Waals surface area contributed by atoms with E-state index >= 15 is 0 Å². The third kappa shape index (κ3) is 4.19. The summed E-state index contributed by atoms with van der Waals surface area (Å²) < 4.78 is 1.74. The van der Waals surface area contributed by atoms with E-state index in [0.29, 0.717) is 12.2 Å². The summed E-state index contributed by atoms with van der Waals surface area (Å²) in [6.45, 7) is 5.92. The molecule has 0 radical (unpaired) electrons. The van der Waals surface area contributed by atoms with Crippen molar-refractivity contribution in [2.45, 2.75) is 6.92 Å². The number of hydrogen-bond donors (Lipinski definition) is 2. The number of carbonyl (C=O) groups is 1. The molecule has 2 N–H and O–H groups in total. The SMILES string of the molecule is C=CCNC(=S)C(=O)Nc1c(C)cc(Br)cc1Br. The Balaban J connectivity index is 2.82. The Morgan fingerprint density at radius 2 is 2.17 bits per heavy atom. The molecule has 0 unspecified atom stereocenters. The van der Waals surface area contributed by atoms with E-state index in [1.165, 1.54) is 0 Å². The monoisotopic (exact) mass is 390 g/mol. The number of nitrogens with one attached hydrogen (secondary N) is 2. The highest BCUT2D eigenvalue weighted by atomic mass is 79.9. The van der Waals surface area contributed by atoms with Crippen molar-refractivity contribution < 1.29 is 4.79 Å². The van der Waals surface area contributed by atoms with E-state index in [1.807, 2.05) is 19.1 Å². The lowest BCUT2D eigenvalue weighted by atomic mass is 10.2. The van der Waals surface area contributed by atoms with E-state index in [4.69, 9.17) is 12.2 Å². The first-order valence-electron chi connectivity index (χ1n) is 5.11. The number of aryl methyl sites for hydroxylation is 1. The Bertz CT molecular complexity index is 480. The van der Waals surface area contributed by atoms with Crippen molar-refractivity contribution in [2.24, 2.45) is 0 Å². The van der Waals surface area contributed by atoms with Gasteiger partial charge in [-0.15, -0.1) is 6.58 Å².